The van der Waals surface area contributed by atoms with E-state index in [-0.39, 0.29) is 0 Å². The fraction of sp³-hybridized carbons (Fsp3) is 0. The van der Waals surface area contributed by atoms with Crippen LogP contribution in [0.25, 0.3) is 99.5 Å². The van der Waals surface area contributed by atoms with Crippen LogP contribution in [-0.4, -0.2) is 15.0 Å². The molecule has 0 aliphatic rings. The van der Waals surface area contributed by atoms with Gasteiger partial charge in [-0.1, -0.05) is 121 Å². The van der Waals surface area contributed by atoms with Crippen molar-refractivity contribution in [3.05, 3.63) is 164 Å². The second kappa shape index (κ2) is 11.0. The summed E-state index contributed by atoms with van der Waals surface area (Å²) in [5.41, 5.74) is 6.85. The molecule has 0 bridgehead atoms. The van der Waals surface area contributed by atoms with Gasteiger partial charge in [0, 0.05) is 27.5 Å². The maximum atomic E-state index is 6.32. The van der Waals surface area contributed by atoms with Crippen LogP contribution in [0.2, 0.25) is 0 Å². The summed E-state index contributed by atoms with van der Waals surface area (Å²) < 4.78 is 6.32. The highest BCUT2D eigenvalue weighted by atomic mass is 16.3. The van der Waals surface area contributed by atoms with Crippen molar-refractivity contribution in [2.24, 2.45) is 0 Å². The molecule has 4 nitrogen and oxygen atoms in total. The molecule has 0 saturated heterocycles. The molecule has 49 heavy (non-hydrogen) atoms. The summed E-state index contributed by atoms with van der Waals surface area (Å²) in [4.78, 5) is 15.5. The molecule has 0 saturated carbocycles. The molecule has 10 aromatic rings. The van der Waals surface area contributed by atoms with Crippen LogP contribution in [0.4, 0.5) is 0 Å². The summed E-state index contributed by atoms with van der Waals surface area (Å²) in [7, 11) is 0. The van der Waals surface area contributed by atoms with Crippen LogP contribution in [0.15, 0.2) is 168 Å². The molecule has 0 fully saturated rings. The number of nitrogens with zero attached hydrogens (tertiary/aromatic N) is 3. The molecule has 2 aromatic heterocycles. The third-order valence-electron chi connectivity index (χ3n) is 9.49. The van der Waals surface area contributed by atoms with Crippen molar-refractivity contribution in [3.8, 4) is 45.3 Å². The Labute approximate surface area is 282 Å². The van der Waals surface area contributed by atoms with Gasteiger partial charge in [-0.25, -0.2) is 15.0 Å². The van der Waals surface area contributed by atoms with Crippen molar-refractivity contribution in [1.82, 2.24) is 15.0 Å². The fourth-order valence-electron chi connectivity index (χ4n) is 7.05. The third-order valence-corrected chi connectivity index (χ3v) is 9.49. The zero-order chi connectivity index (χ0) is 32.3. The predicted octanol–water partition coefficient (Wildman–Crippen LogP) is 11.9. The van der Waals surface area contributed by atoms with Crippen LogP contribution in [-0.2, 0) is 0 Å². The number of rotatable bonds is 4. The lowest BCUT2D eigenvalue weighted by atomic mass is 9.94. The largest absolute Gasteiger partial charge is 0.456 e. The number of hydrogen-bond acceptors (Lipinski definition) is 4. The first kappa shape index (κ1) is 27.5. The molecule has 0 aliphatic carbocycles. The Morgan fingerprint density at radius 2 is 0.857 bits per heavy atom. The Hall–Kier alpha value is -6.65. The third kappa shape index (κ3) is 4.65. The maximum Gasteiger partial charge on any atom is 0.164 e. The lowest BCUT2D eigenvalue weighted by Gasteiger charge is -2.13. The number of furan rings is 1. The van der Waals surface area contributed by atoms with E-state index >= 15 is 0 Å². The SMILES string of the molecule is c1ccc(-c2ccc(-c3nc(-c4ccc5ccccc5c4)nc(-c4ccc5oc6cc7ccccc7cc6c5c4)n3)c3ccccc23)cc1. The maximum absolute atomic E-state index is 6.32. The second-order valence-electron chi connectivity index (χ2n) is 12.4. The van der Waals surface area contributed by atoms with Gasteiger partial charge < -0.3 is 4.42 Å². The van der Waals surface area contributed by atoms with E-state index < -0.39 is 0 Å². The van der Waals surface area contributed by atoms with E-state index in [2.05, 4.69) is 146 Å². The number of hydrogen-bond donors (Lipinski definition) is 0. The van der Waals surface area contributed by atoms with E-state index in [1.165, 1.54) is 21.9 Å². The smallest absolute Gasteiger partial charge is 0.164 e. The van der Waals surface area contributed by atoms with Gasteiger partial charge in [-0.05, 0) is 85.9 Å². The lowest BCUT2D eigenvalue weighted by Crippen LogP contribution is -2.01. The van der Waals surface area contributed by atoms with E-state index in [1.54, 1.807) is 0 Å². The minimum absolute atomic E-state index is 0.612. The fourth-order valence-corrected chi connectivity index (χ4v) is 7.05. The van der Waals surface area contributed by atoms with Gasteiger partial charge in [-0.15, -0.1) is 0 Å². The highest BCUT2D eigenvalue weighted by molar-refractivity contribution is 6.11. The summed E-state index contributed by atoms with van der Waals surface area (Å²) in [6.45, 7) is 0. The van der Waals surface area contributed by atoms with Gasteiger partial charge in [-0.3, -0.25) is 0 Å². The van der Waals surface area contributed by atoms with Gasteiger partial charge in [0.15, 0.2) is 17.5 Å². The Morgan fingerprint density at radius 1 is 0.306 bits per heavy atom. The average Bonchev–Trinajstić information content (AvgIpc) is 3.53. The van der Waals surface area contributed by atoms with Crippen molar-refractivity contribution >= 4 is 54.3 Å². The van der Waals surface area contributed by atoms with Crippen LogP contribution in [0.1, 0.15) is 0 Å². The molecule has 0 aliphatic heterocycles. The minimum Gasteiger partial charge on any atom is -0.456 e. The quantitative estimate of drug-likeness (QED) is 0.195. The van der Waals surface area contributed by atoms with Gasteiger partial charge in [0.05, 0.1) is 0 Å². The van der Waals surface area contributed by atoms with Crippen LogP contribution >= 0.6 is 0 Å². The normalized spacial score (nSPS) is 11.7. The molecule has 0 atom stereocenters. The molecule has 0 N–H and O–H groups in total. The summed E-state index contributed by atoms with van der Waals surface area (Å²) in [5.74, 6) is 1.87. The van der Waals surface area contributed by atoms with E-state index in [9.17, 15) is 0 Å². The van der Waals surface area contributed by atoms with E-state index in [0.29, 0.717) is 17.5 Å². The first-order chi connectivity index (χ1) is 24.2. The zero-order valence-corrected chi connectivity index (χ0v) is 26.3. The first-order valence-electron chi connectivity index (χ1n) is 16.4. The van der Waals surface area contributed by atoms with Crippen molar-refractivity contribution < 1.29 is 4.42 Å². The van der Waals surface area contributed by atoms with Gasteiger partial charge in [-0.2, -0.15) is 0 Å². The molecule has 0 radical (unpaired) electrons. The van der Waals surface area contributed by atoms with E-state index in [4.69, 9.17) is 19.4 Å². The number of fused-ring (bicyclic) bond motifs is 6. The van der Waals surface area contributed by atoms with Crippen molar-refractivity contribution in [2.45, 2.75) is 0 Å². The molecule has 0 spiro atoms. The van der Waals surface area contributed by atoms with Gasteiger partial charge in [0.1, 0.15) is 11.2 Å². The number of aromatic nitrogens is 3. The first-order valence-corrected chi connectivity index (χ1v) is 16.4. The highest BCUT2D eigenvalue weighted by Crippen LogP contribution is 2.38. The lowest BCUT2D eigenvalue weighted by molar-refractivity contribution is 0.669. The molecule has 8 aromatic carbocycles. The Balaban J connectivity index is 1.20. The van der Waals surface area contributed by atoms with E-state index in [0.717, 1.165) is 60.2 Å². The standard InChI is InChI=1S/C45H27N3O/c1-2-11-29(12-3-1)35-21-22-38(37-17-9-8-16-36(35)37)45-47-43(33-19-18-28-10-4-5-13-30(28)24-33)46-44(48-45)34-20-23-41-39(26-34)40-25-31-14-6-7-15-32(31)27-42(40)49-41/h1-27H. The van der Waals surface area contributed by atoms with Gasteiger partial charge >= 0.3 is 0 Å². The van der Waals surface area contributed by atoms with Crippen molar-refractivity contribution in [1.29, 1.82) is 0 Å². The van der Waals surface area contributed by atoms with Crippen LogP contribution in [0.3, 0.4) is 0 Å². The number of benzene rings is 8. The van der Waals surface area contributed by atoms with Crippen LogP contribution in [0, 0.1) is 0 Å². The molecule has 0 amide bonds. The molecular formula is C45H27N3O. The predicted molar refractivity (Wildman–Crippen MR) is 201 cm³/mol. The Kier molecular flexibility index (Phi) is 6.15. The highest BCUT2D eigenvalue weighted by Gasteiger charge is 2.18. The molecule has 0 unspecified atom stereocenters. The molecule has 10 rings (SSSR count). The topological polar surface area (TPSA) is 51.8 Å². The summed E-state index contributed by atoms with van der Waals surface area (Å²) in [5, 5.41) is 8.99. The van der Waals surface area contributed by atoms with Crippen molar-refractivity contribution in [2.75, 3.05) is 0 Å². The summed E-state index contributed by atoms with van der Waals surface area (Å²) in [6, 6.07) is 57.0. The minimum atomic E-state index is 0.612. The van der Waals surface area contributed by atoms with Crippen molar-refractivity contribution in [3.63, 3.8) is 0 Å². The van der Waals surface area contributed by atoms with Gasteiger partial charge in [0.25, 0.3) is 0 Å². The van der Waals surface area contributed by atoms with Gasteiger partial charge in [0.2, 0.25) is 0 Å². The average molecular weight is 626 g/mol. The summed E-state index contributed by atoms with van der Waals surface area (Å²) >= 11 is 0. The molecule has 2 heterocycles. The Bertz CT molecular complexity index is 2890. The molecular weight excluding hydrogens is 599 g/mol. The second-order valence-corrected chi connectivity index (χ2v) is 12.4. The van der Waals surface area contributed by atoms with Crippen LogP contribution in [0.5, 0.6) is 0 Å². The van der Waals surface area contributed by atoms with Crippen LogP contribution < -0.4 is 0 Å². The molecule has 4 heteroatoms. The van der Waals surface area contributed by atoms with E-state index in [1.807, 2.05) is 18.2 Å². The monoisotopic (exact) mass is 625 g/mol. The Morgan fingerprint density at radius 3 is 1.63 bits per heavy atom. The zero-order valence-electron chi connectivity index (χ0n) is 26.3. The molecule has 228 valence electrons. The summed E-state index contributed by atoms with van der Waals surface area (Å²) in [6.07, 6.45) is 0.